The number of nitrogens with zero attached hydrogens (tertiary/aromatic N) is 4. The second-order valence-corrected chi connectivity index (χ2v) is 5.59. The lowest BCUT2D eigenvalue weighted by Gasteiger charge is -2.19. The predicted octanol–water partition coefficient (Wildman–Crippen LogP) is 1.96. The molecule has 0 bridgehead atoms. The Morgan fingerprint density at radius 1 is 1.28 bits per heavy atom. The number of carbonyl (C=O) groups is 1. The van der Waals surface area contributed by atoms with E-state index in [1.807, 2.05) is 41.8 Å². The lowest BCUT2D eigenvalue weighted by Crippen LogP contribution is -2.31. The minimum absolute atomic E-state index is 0.129. The Kier molecular flexibility index (Phi) is 5.08. The topological polar surface area (TPSA) is 108 Å². The number of aromatic nitrogens is 4. The first-order valence-corrected chi connectivity index (χ1v) is 8.06. The number of imidazole rings is 1. The Bertz CT molecular complexity index is 849. The number of rotatable bonds is 7. The Labute approximate surface area is 145 Å². The van der Waals surface area contributed by atoms with Gasteiger partial charge in [0.1, 0.15) is 18.5 Å². The molecule has 0 spiro atoms. The van der Waals surface area contributed by atoms with Crippen molar-refractivity contribution in [2.75, 3.05) is 11.9 Å². The van der Waals surface area contributed by atoms with Gasteiger partial charge in [0.2, 0.25) is 0 Å². The maximum Gasteiger partial charge on any atom is 0.404 e. The zero-order valence-corrected chi connectivity index (χ0v) is 13.9. The number of nitrogens with two attached hydrogens (primary N) is 1. The summed E-state index contributed by atoms with van der Waals surface area (Å²) in [6, 6.07) is 9.72. The molecule has 2 heterocycles. The Hall–Kier alpha value is -3.16. The highest BCUT2D eigenvalue weighted by atomic mass is 16.5. The van der Waals surface area contributed by atoms with Crippen LogP contribution in [0.5, 0.6) is 0 Å². The van der Waals surface area contributed by atoms with Gasteiger partial charge in [-0.3, -0.25) is 0 Å². The van der Waals surface area contributed by atoms with E-state index in [1.165, 1.54) is 6.33 Å². The summed E-state index contributed by atoms with van der Waals surface area (Å²) in [7, 11) is 0. The monoisotopic (exact) mass is 340 g/mol. The first-order valence-electron chi connectivity index (χ1n) is 8.06. The van der Waals surface area contributed by atoms with E-state index in [4.69, 9.17) is 10.5 Å². The summed E-state index contributed by atoms with van der Waals surface area (Å²) in [5.74, 6) is 0.603. The largest absolute Gasteiger partial charge is 0.448 e. The van der Waals surface area contributed by atoms with E-state index in [9.17, 15) is 4.79 Å². The van der Waals surface area contributed by atoms with Gasteiger partial charge in [-0.1, -0.05) is 30.3 Å². The van der Waals surface area contributed by atoms with Crippen LogP contribution in [0, 0.1) is 0 Å². The van der Waals surface area contributed by atoms with Crippen LogP contribution < -0.4 is 11.1 Å². The molecule has 0 aliphatic carbocycles. The van der Waals surface area contributed by atoms with Gasteiger partial charge in [0.05, 0.1) is 12.4 Å². The quantitative estimate of drug-likeness (QED) is 0.681. The average molecular weight is 340 g/mol. The summed E-state index contributed by atoms with van der Waals surface area (Å²) in [5.41, 5.74) is 7.66. The van der Waals surface area contributed by atoms with E-state index >= 15 is 0 Å². The van der Waals surface area contributed by atoms with Gasteiger partial charge in [0.25, 0.3) is 0 Å². The number of hydrogen-bond acceptors (Lipinski definition) is 6. The van der Waals surface area contributed by atoms with Gasteiger partial charge in [0.15, 0.2) is 11.5 Å². The van der Waals surface area contributed by atoms with Crippen molar-refractivity contribution in [3.8, 4) is 0 Å². The van der Waals surface area contributed by atoms with E-state index < -0.39 is 6.09 Å². The van der Waals surface area contributed by atoms with E-state index in [0.29, 0.717) is 17.8 Å². The highest BCUT2D eigenvalue weighted by Crippen LogP contribution is 2.19. The zero-order valence-electron chi connectivity index (χ0n) is 13.9. The number of hydrogen-bond donors (Lipinski definition) is 2. The number of nitrogens with one attached hydrogen (secondary N) is 1. The van der Waals surface area contributed by atoms with E-state index in [0.717, 1.165) is 17.8 Å². The number of carbonyl (C=O) groups excluding carboxylic acids is 1. The zero-order chi connectivity index (χ0) is 17.6. The molecule has 0 fully saturated rings. The Morgan fingerprint density at radius 2 is 2.08 bits per heavy atom. The molecule has 2 aromatic heterocycles. The molecule has 0 unspecified atom stereocenters. The van der Waals surface area contributed by atoms with E-state index in [-0.39, 0.29) is 12.6 Å². The average Bonchev–Trinajstić information content (AvgIpc) is 3.05. The Balaban J connectivity index is 1.84. The number of amides is 1. The minimum atomic E-state index is -0.803. The summed E-state index contributed by atoms with van der Waals surface area (Å²) in [4.78, 5) is 24.0. The van der Waals surface area contributed by atoms with Crippen LogP contribution in [0.4, 0.5) is 10.6 Å². The van der Waals surface area contributed by atoms with Crippen LogP contribution in [0.15, 0.2) is 43.0 Å². The van der Waals surface area contributed by atoms with Crippen molar-refractivity contribution in [1.82, 2.24) is 19.5 Å². The molecule has 25 heavy (non-hydrogen) atoms. The van der Waals surface area contributed by atoms with Crippen LogP contribution in [-0.4, -0.2) is 38.3 Å². The van der Waals surface area contributed by atoms with Crippen molar-refractivity contribution in [1.29, 1.82) is 0 Å². The fraction of sp³-hybridized carbons (Fsp3) is 0.294. The maximum atomic E-state index is 11.0. The van der Waals surface area contributed by atoms with Gasteiger partial charge in [-0.25, -0.2) is 19.7 Å². The van der Waals surface area contributed by atoms with Crippen LogP contribution >= 0.6 is 0 Å². The highest BCUT2D eigenvalue weighted by molar-refractivity contribution is 5.82. The van der Waals surface area contributed by atoms with E-state index in [2.05, 4.69) is 20.3 Å². The molecule has 1 atom stereocenters. The Morgan fingerprint density at radius 3 is 2.80 bits per heavy atom. The minimum Gasteiger partial charge on any atom is -0.448 e. The molecule has 0 radical (unpaired) electrons. The third-order valence-electron chi connectivity index (χ3n) is 3.83. The van der Waals surface area contributed by atoms with Crippen LogP contribution in [0.25, 0.3) is 11.2 Å². The first-order chi connectivity index (χ1) is 12.2. The van der Waals surface area contributed by atoms with Gasteiger partial charge in [-0.15, -0.1) is 0 Å². The molecule has 8 nitrogen and oxygen atoms in total. The predicted molar refractivity (Wildman–Crippen MR) is 94.1 cm³/mol. The van der Waals surface area contributed by atoms with Crippen LogP contribution in [-0.2, 0) is 17.7 Å². The molecule has 130 valence electrons. The highest BCUT2D eigenvalue weighted by Gasteiger charge is 2.16. The molecule has 3 N–H and O–H groups in total. The fourth-order valence-corrected chi connectivity index (χ4v) is 2.64. The molecule has 3 rings (SSSR count). The standard InChI is InChI=1S/C17H20N6O2/c1-2-23-11-21-14-15(19-10-20-16(14)23)22-13(9-25-17(18)24)8-12-6-4-3-5-7-12/h3-7,10-11,13H,2,8-9H2,1H3,(H2,18,24)(H,19,20,22)/t13-/m1/s1. The molecule has 0 aliphatic heterocycles. The summed E-state index contributed by atoms with van der Waals surface area (Å²) >= 11 is 0. The lowest BCUT2D eigenvalue weighted by atomic mass is 10.1. The van der Waals surface area contributed by atoms with Crippen molar-refractivity contribution in [3.05, 3.63) is 48.5 Å². The van der Waals surface area contributed by atoms with Gasteiger partial charge in [-0.2, -0.15) is 0 Å². The fourth-order valence-electron chi connectivity index (χ4n) is 2.64. The molecule has 0 saturated heterocycles. The molecular formula is C17H20N6O2. The summed E-state index contributed by atoms with van der Waals surface area (Å²) in [6.07, 6.45) is 3.07. The van der Waals surface area contributed by atoms with Gasteiger partial charge in [0, 0.05) is 6.54 Å². The van der Waals surface area contributed by atoms with Crippen molar-refractivity contribution >= 4 is 23.1 Å². The number of anilines is 1. The molecular weight excluding hydrogens is 320 g/mol. The summed E-state index contributed by atoms with van der Waals surface area (Å²) in [6.45, 7) is 2.92. The molecule has 3 aromatic rings. The second-order valence-electron chi connectivity index (χ2n) is 5.59. The van der Waals surface area contributed by atoms with E-state index in [1.54, 1.807) is 6.33 Å². The molecule has 8 heteroatoms. The van der Waals surface area contributed by atoms with Crippen LogP contribution in [0.2, 0.25) is 0 Å². The number of fused-ring (bicyclic) bond motifs is 1. The summed E-state index contributed by atoms with van der Waals surface area (Å²) < 4.78 is 6.93. The van der Waals surface area contributed by atoms with Gasteiger partial charge < -0.3 is 20.4 Å². The lowest BCUT2D eigenvalue weighted by molar-refractivity contribution is 0.151. The number of aryl methyl sites for hydroxylation is 1. The number of benzene rings is 1. The van der Waals surface area contributed by atoms with Crippen molar-refractivity contribution in [3.63, 3.8) is 0 Å². The third-order valence-corrected chi connectivity index (χ3v) is 3.83. The number of primary amides is 1. The third kappa shape index (κ3) is 4.03. The van der Waals surface area contributed by atoms with Gasteiger partial charge >= 0.3 is 6.09 Å². The molecule has 1 amide bonds. The van der Waals surface area contributed by atoms with Crippen LogP contribution in [0.1, 0.15) is 12.5 Å². The summed E-state index contributed by atoms with van der Waals surface area (Å²) in [5, 5.41) is 3.30. The molecule has 0 aliphatic rings. The SMILES string of the molecule is CCn1cnc2c(N[C@@H](COC(N)=O)Cc3ccccc3)ncnc21. The molecule has 0 saturated carbocycles. The maximum absolute atomic E-state index is 11.0. The smallest absolute Gasteiger partial charge is 0.404 e. The van der Waals surface area contributed by atoms with Crippen LogP contribution in [0.3, 0.4) is 0 Å². The first kappa shape index (κ1) is 16.7. The van der Waals surface area contributed by atoms with Crippen molar-refractivity contribution in [2.24, 2.45) is 5.73 Å². The second kappa shape index (κ2) is 7.61. The van der Waals surface area contributed by atoms with Gasteiger partial charge in [-0.05, 0) is 18.9 Å². The normalized spacial score (nSPS) is 12.0. The molecule has 1 aromatic carbocycles. The van der Waals surface area contributed by atoms with Crippen molar-refractivity contribution in [2.45, 2.75) is 25.9 Å². The number of ether oxygens (including phenoxy) is 1. The van der Waals surface area contributed by atoms with Crippen molar-refractivity contribution < 1.29 is 9.53 Å².